The number of nitrogens with two attached hydrogens (primary N) is 1. The fourth-order valence-corrected chi connectivity index (χ4v) is 1.91. The minimum absolute atomic E-state index is 0.106. The molecule has 0 aromatic heterocycles. The summed E-state index contributed by atoms with van der Waals surface area (Å²) in [5.41, 5.74) is 5.57. The van der Waals surface area contributed by atoms with E-state index in [2.05, 4.69) is 10.3 Å². The fraction of sp³-hybridized carbons (Fsp3) is 0.818. The van der Waals surface area contributed by atoms with Gasteiger partial charge in [-0.05, 0) is 12.8 Å². The van der Waals surface area contributed by atoms with E-state index in [4.69, 9.17) is 5.73 Å². The number of guanidine groups is 1. The molecule has 1 rings (SSSR count). The van der Waals surface area contributed by atoms with Crippen LogP contribution >= 0.6 is 0 Å². The van der Waals surface area contributed by atoms with Gasteiger partial charge >= 0.3 is 6.18 Å². The van der Waals surface area contributed by atoms with Crippen molar-refractivity contribution in [1.29, 1.82) is 0 Å². The van der Waals surface area contributed by atoms with Gasteiger partial charge in [-0.15, -0.1) is 0 Å². The van der Waals surface area contributed by atoms with Gasteiger partial charge < -0.3 is 16.4 Å². The Bertz CT molecular complexity index is 324. The van der Waals surface area contributed by atoms with Gasteiger partial charge in [0.15, 0.2) is 5.96 Å². The van der Waals surface area contributed by atoms with Crippen LogP contribution in [0.2, 0.25) is 0 Å². The van der Waals surface area contributed by atoms with Crippen molar-refractivity contribution in [3.8, 4) is 0 Å². The van der Waals surface area contributed by atoms with Crippen LogP contribution in [0.25, 0.3) is 0 Å². The van der Waals surface area contributed by atoms with Crippen LogP contribution in [0.1, 0.15) is 32.1 Å². The molecule has 1 aliphatic carbocycles. The summed E-state index contributed by atoms with van der Waals surface area (Å²) >= 11 is 0. The molecule has 1 saturated carbocycles. The van der Waals surface area contributed by atoms with Crippen molar-refractivity contribution in [3.05, 3.63) is 0 Å². The fourth-order valence-electron chi connectivity index (χ4n) is 1.91. The van der Waals surface area contributed by atoms with E-state index in [-0.39, 0.29) is 12.0 Å². The van der Waals surface area contributed by atoms with Crippen LogP contribution in [0, 0.1) is 0 Å². The molecule has 8 heteroatoms. The molecule has 0 atom stereocenters. The molecule has 0 aromatic carbocycles. The quantitative estimate of drug-likeness (QED) is 0.529. The van der Waals surface area contributed by atoms with E-state index in [9.17, 15) is 18.0 Å². The molecule has 0 unspecified atom stereocenters. The molecular weight excluding hydrogens is 261 g/mol. The van der Waals surface area contributed by atoms with Crippen molar-refractivity contribution in [1.82, 2.24) is 10.6 Å². The summed E-state index contributed by atoms with van der Waals surface area (Å²) in [7, 11) is 0. The molecule has 0 aliphatic heterocycles. The van der Waals surface area contributed by atoms with Crippen molar-refractivity contribution in [2.75, 3.05) is 13.1 Å². The van der Waals surface area contributed by atoms with Gasteiger partial charge in [-0.2, -0.15) is 13.2 Å². The molecule has 5 nitrogen and oxygen atoms in total. The van der Waals surface area contributed by atoms with Crippen LogP contribution < -0.4 is 16.4 Å². The Balaban J connectivity index is 2.24. The molecule has 0 bridgehead atoms. The number of aliphatic imine (C=N–C) groups is 1. The lowest BCUT2D eigenvalue weighted by atomic mass is 9.96. The predicted molar refractivity (Wildman–Crippen MR) is 65.6 cm³/mol. The van der Waals surface area contributed by atoms with E-state index in [1.54, 1.807) is 5.32 Å². The topological polar surface area (TPSA) is 79.5 Å². The number of carbonyl (C=O) groups excluding carboxylic acids is 1. The predicted octanol–water partition coefficient (Wildman–Crippen LogP) is 0.902. The Morgan fingerprint density at radius 1 is 1.26 bits per heavy atom. The minimum Gasteiger partial charge on any atom is -0.370 e. The number of halogens is 3. The van der Waals surface area contributed by atoms with Crippen molar-refractivity contribution in [2.24, 2.45) is 10.7 Å². The second kappa shape index (κ2) is 7.20. The number of nitrogens with zero attached hydrogens (tertiary/aromatic N) is 1. The third-order valence-corrected chi connectivity index (χ3v) is 2.84. The van der Waals surface area contributed by atoms with E-state index < -0.39 is 25.2 Å². The van der Waals surface area contributed by atoms with E-state index in [1.165, 1.54) is 6.42 Å². The van der Waals surface area contributed by atoms with Crippen molar-refractivity contribution >= 4 is 11.9 Å². The number of hydrogen-bond acceptors (Lipinski definition) is 2. The van der Waals surface area contributed by atoms with E-state index in [1.807, 2.05) is 0 Å². The highest BCUT2D eigenvalue weighted by molar-refractivity contribution is 5.84. The van der Waals surface area contributed by atoms with Gasteiger partial charge in [0.25, 0.3) is 0 Å². The lowest BCUT2D eigenvalue weighted by Gasteiger charge is -2.23. The Labute approximate surface area is 109 Å². The molecule has 0 saturated heterocycles. The molecule has 0 aromatic rings. The average molecular weight is 280 g/mol. The first-order valence-corrected chi connectivity index (χ1v) is 6.27. The van der Waals surface area contributed by atoms with Crippen LogP contribution in [0.5, 0.6) is 0 Å². The summed E-state index contributed by atoms with van der Waals surface area (Å²) in [5, 5.41) is 4.70. The molecule has 0 radical (unpaired) electrons. The lowest BCUT2D eigenvalue weighted by molar-refractivity contribution is -0.137. The Morgan fingerprint density at radius 2 is 1.89 bits per heavy atom. The third-order valence-electron chi connectivity index (χ3n) is 2.84. The molecule has 0 spiro atoms. The summed E-state index contributed by atoms with van der Waals surface area (Å²) in [5.74, 6) is -0.695. The maximum absolute atomic E-state index is 11.8. The second-order valence-corrected chi connectivity index (χ2v) is 4.57. The zero-order valence-electron chi connectivity index (χ0n) is 10.6. The molecule has 4 N–H and O–H groups in total. The molecule has 1 aliphatic rings. The highest BCUT2D eigenvalue weighted by Crippen LogP contribution is 2.17. The third kappa shape index (κ3) is 7.53. The summed E-state index contributed by atoms with van der Waals surface area (Å²) in [6.45, 7) is -1.75. The maximum Gasteiger partial charge on any atom is 0.405 e. The zero-order chi connectivity index (χ0) is 14.3. The highest BCUT2D eigenvalue weighted by atomic mass is 19.4. The SMILES string of the molecule is NC(=NCC(=O)NCC(F)(F)F)NC1CCCCC1. The summed E-state index contributed by atoms with van der Waals surface area (Å²) in [6.07, 6.45) is 1.03. The van der Waals surface area contributed by atoms with Crippen LogP contribution in [-0.4, -0.2) is 37.2 Å². The van der Waals surface area contributed by atoms with Crippen molar-refractivity contribution < 1.29 is 18.0 Å². The Hall–Kier alpha value is -1.47. The van der Waals surface area contributed by atoms with Gasteiger partial charge in [-0.1, -0.05) is 19.3 Å². The standard InChI is InChI=1S/C11H19F3N4O/c12-11(13,14)7-17-9(19)6-16-10(15)18-8-4-2-1-3-5-8/h8H,1-7H2,(H,17,19)(H3,15,16,18). The van der Waals surface area contributed by atoms with Gasteiger partial charge in [-0.3, -0.25) is 4.79 Å². The lowest BCUT2D eigenvalue weighted by Crippen LogP contribution is -2.42. The van der Waals surface area contributed by atoms with Gasteiger partial charge in [0.1, 0.15) is 13.1 Å². The number of alkyl halides is 3. The molecule has 0 heterocycles. The molecule has 19 heavy (non-hydrogen) atoms. The first-order valence-electron chi connectivity index (χ1n) is 6.27. The monoisotopic (exact) mass is 280 g/mol. The summed E-state index contributed by atoms with van der Waals surface area (Å²) < 4.78 is 35.5. The number of hydrogen-bond donors (Lipinski definition) is 3. The first kappa shape index (κ1) is 15.6. The van der Waals surface area contributed by atoms with Gasteiger partial charge in [0.2, 0.25) is 5.91 Å². The van der Waals surface area contributed by atoms with E-state index in [0.29, 0.717) is 0 Å². The van der Waals surface area contributed by atoms with E-state index >= 15 is 0 Å². The molecule has 1 amide bonds. The Kier molecular flexibility index (Phi) is 5.91. The molecule has 110 valence electrons. The number of rotatable bonds is 4. The summed E-state index contributed by atoms with van der Waals surface area (Å²) in [6, 6.07) is 0.246. The first-order chi connectivity index (χ1) is 8.87. The van der Waals surface area contributed by atoms with Crippen LogP contribution in [0.15, 0.2) is 4.99 Å². The van der Waals surface area contributed by atoms with Crippen LogP contribution in [0.4, 0.5) is 13.2 Å². The van der Waals surface area contributed by atoms with Gasteiger partial charge in [-0.25, -0.2) is 4.99 Å². The van der Waals surface area contributed by atoms with Crippen LogP contribution in [0.3, 0.4) is 0 Å². The number of amides is 1. The van der Waals surface area contributed by atoms with Crippen LogP contribution in [-0.2, 0) is 4.79 Å². The smallest absolute Gasteiger partial charge is 0.370 e. The van der Waals surface area contributed by atoms with Gasteiger partial charge in [0.05, 0.1) is 0 Å². The molecule has 1 fully saturated rings. The minimum atomic E-state index is -4.41. The summed E-state index contributed by atoms with van der Waals surface area (Å²) in [4.78, 5) is 14.8. The van der Waals surface area contributed by atoms with Crippen molar-refractivity contribution in [2.45, 2.75) is 44.3 Å². The second-order valence-electron chi connectivity index (χ2n) is 4.57. The molecular formula is C11H19F3N4O. The average Bonchev–Trinajstić information content (AvgIpc) is 2.34. The van der Waals surface area contributed by atoms with Gasteiger partial charge in [0, 0.05) is 6.04 Å². The highest BCUT2D eigenvalue weighted by Gasteiger charge is 2.27. The Morgan fingerprint density at radius 3 is 2.47 bits per heavy atom. The number of carbonyl (C=O) groups is 1. The number of nitrogens with one attached hydrogen (secondary N) is 2. The normalized spacial score (nSPS) is 18.2. The van der Waals surface area contributed by atoms with Crippen molar-refractivity contribution in [3.63, 3.8) is 0 Å². The maximum atomic E-state index is 11.8. The zero-order valence-corrected chi connectivity index (χ0v) is 10.6. The largest absolute Gasteiger partial charge is 0.405 e. The van der Waals surface area contributed by atoms with E-state index in [0.717, 1.165) is 25.7 Å².